The number of hydrogen-bond donors (Lipinski definition) is 3. The highest BCUT2D eigenvalue weighted by molar-refractivity contribution is 7.80. The van der Waals surface area contributed by atoms with E-state index in [1.165, 1.54) is 6.07 Å². The molecule has 0 fully saturated rings. The second-order valence-electron chi connectivity index (χ2n) is 4.58. The molecule has 0 radical (unpaired) electrons. The van der Waals surface area contributed by atoms with Gasteiger partial charge in [-0.15, -0.1) is 0 Å². The maximum atomic E-state index is 11.7. The van der Waals surface area contributed by atoms with Crippen LogP contribution in [0.3, 0.4) is 0 Å². The van der Waals surface area contributed by atoms with Crippen molar-refractivity contribution in [3.63, 3.8) is 0 Å². The number of nitrogens with zero attached hydrogens (tertiary/aromatic N) is 1. The lowest BCUT2D eigenvalue weighted by atomic mass is 10.1. The molecule has 1 unspecified atom stereocenters. The Morgan fingerprint density at radius 3 is 2.41 bits per heavy atom. The van der Waals surface area contributed by atoms with Crippen LogP contribution in [0.5, 0.6) is 0 Å². The van der Waals surface area contributed by atoms with E-state index in [1.54, 1.807) is 36.4 Å². The summed E-state index contributed by atoms with van der Waals surface area (Å²) in [5.41, 5.74) is 5.29. The summed E-state index contributed by atoms with van der Waals surface area (Å²) < 4.78 is 22.0. The summed E-state index contributed by atoms with van der Waals surface area (Å²) in [5.74, 6) is -2.28. The van der Waals surface area contributed by atoms with Gasteiger partial charge in [0.05, 0.1) is 12.1 Å². The molecule has 2 aromatic carbocycles. The number of benzene rings is 2. The quantitative estimate of drug-likeness (QED) is 0.688. The first-order valence-electron chi connectivity index (χ1n) is 6.31. The zero-order chi connectivity index (χ0) is 16.3. The van der Waals surface area contributed by atoms with Crippen molar-refractivity contribution >= 4 is 39.6 Å². The number of aliphatic carboxylic acids is 1. The number of primary amides is 1. The van der Waals surface area contributed by atoms with E-state index in [9.17, 15) is 23.5 Å². The number of anilines is 1. The van der Waals surface area contributed by atoms with Gasteiger partial charge in [0, 0.05) is 5.39 Å². The predicted octanol–water partition coefficient (Wildman–Crippen LogP) is 1.11. The summed E-state index contributed by atoms with van der Waals surface area (Å²) in [6, 6.07) is 10.4. The fraction of sp³-hybridized carbons (Fsp3) is 0.143. The first-order chi connectivity index (χ1) is 10.4. The summed E-state index contributed by atoms with van der Waals surface area (Å²) in [6.45, 7) is 0. The minimum atomic E-state index is -2.63. The fourth-order valence-corrected chi connectivity index (χ4v) is 2.93. The number of fused-ring (bicyclic) bond motifs is 1. The predicted molar refractivity (Wildman–Crippen MR) is 82.4 cm³/mol. The molecule has 0 spiro atoms. The van der Waals surface area contributed by atoms with Crippen LogP contribution < -0.4 is 10.0 Å². The lowest BCUT2D eigenvalue weighted by molar-refractivity contribution is -0.139. The van der Waals surface area contributed by atoms with E-state index in [1.807, 2.05) is 0 Å². The molecular formula is C14H14N2O5S. The molecule has 0 bridgehead atoms. The molecular weight excluding hydrogens is 308 g/mol. The van der Waals surface area contributed by atoms with Gasteiger partial charge in [0.25, 0.3) is 11.3 Å². The van der Waals surface area contributed by atoms with Gasteiger partial charge in [-0.3, -0.25) is 13.7 Å². The zero-order valence-electron chi connectivity index (χ0n) is 11.4. The van der Waals surface area contributed by atoms with Crippen molar-refractivity contribution in [1.29, 1.82) is 0 Å². The van der Waals surface area contributed by atoms with Crippen molar-refractivity contribution in [3.05, 3.63) is 42.5 Å². The average molecular weight is 322 g/mol. The van der Waals surface area contributed by atoms with Crippen LogP contribution in [-0.2, 0) is 20.9 Å². The molecule has 0 aliphatic carbocycles. The van der Waals surface area contributed by atoms with Gasteiger partial charge in [-0.05, 0) is 11.5 Å². The van der Waals surface area contributed by atoms with Crippen LogP contribution in [0.25, 0.3) is 10.8 Å². The molecule has 2 atom stereocenters. The molecule has 0 aliphatic heterocycles. The Morgan fingerprint density at radius 1 is 1.18 bits per heavy atom. The van der Waals surface area contributed by atoms with Crippen molar-refractivity contribution in [1.82, 2.24) is 0 Å². The molecule has 0 aromatic heterocycles. The third kappa shape index (κ3) is 3.23. The van der Waals surface area contributed by atoms with E-state index in [-0.39, 0.29) is 5.69 Å². The van der Waals surface area contributed by atoms with E-state index in [2.05, 4.69) is 0 Å². The molecule has 0 saturated carbocycles. The van der Waals surface area contributed by atoms with Crippen molar-refractivity contribution < 1.29 is 23.5 Å². The first kappa shape index (κ1) is 15.9. The van der Waals surface area contributed by atoms with Crippen molar-refractivity contribution in [2.45, 2.75) is 12.5 Å². The third-order valence-electron chi connectivity index (χ3n) is 3.13. The molecule has 8 heteroatoms. The number of hydrogen-bond acceptors (Lipinski definition) is 3. The van der Waals surface area contributed by atoms with Gasteiger partial charge in [-0.25, -0.2) is 9.00 Å². The number of carboxylic acid groups (broad SMARTS) is 1. The van der Waals surface area contributed by atoms with Crippen LogP contribution in [0.2, 0.25) is 0 Å². The molecule has 4 N–H and O–H groups in total. The summed E-state index contributed by atoms with van der Waals surface area (Å²) in [6.07, 6.45) is -0.579. The highest BCUT2D eigenvalue weighted by Gasteiger charge is 2.32. The highest BCUT2D eigenvalue weighted by Crippen LogP contribution is 2.29. The zero-order valence-corrected chi connectivity index (χ0v) is 12.2. The Hall–Kier alpha value is -2.45. The van der Waals surface area contributed by atoms with E-state index in [0.29, 0.717) is 5.39 Å². The van der Waals surface area contributed by atoms with Gasteiger partial charge in [0.1, 0.15) is 0 Å². The van der Waals surface area contributed by atoms with Crippen molar-refractivity contribution in [2.75, 3.05) is 4.31 Å². The SMILES string of the molecule is NC(=O)C[C@@H](C(=O)O)N(c1cccc2ccccc12)S(=O)O. The van der Waals surface area contributed by atoms with Crippen LogP contribution >= 0.6 is 0 Å². The Labute approximate surface area is 128 Å². The smallest absolute Gasteiger partial charge is 0.328 e. The largest absolute Gasteiger partial charge is 0.480 e. The summed E-state index contributed by atoms with van der Waals surface area (Å²) in [5, 5.41) is 10.7. The number of amides is 1. The molecule has 116 valence electrons. The standard InChI is InChI=1S/C14H14N2O5S/c15-13(17)8-12(14(18)19)16(22(20)21)11-7-3-5-9-4-1-2-6-10(9)11/h1-7,12H,8H2,(H2,15,17)(H,18,19)(H,20,21)/t12-/m0/s1. The van der Waals surface area contributed by atoms with Crippen LogP contribution in [-0.4, -0.2) is 31.8 Å². The van der Waals surface area contributed by atoms with Crippen LogP contribution in [0.15, 0.2) is 42.5 Å². The summed E-state index contributed by atoms with van der Waals surface area (Å²) in [7, 11) is 0. The number of carbonyl (C=O) groups is 2. The molecule has 7 nitrogen and oxygen atoms in total. The highest BCUT2D eigenvalue weighted by atomic mass is 32.2. The first-order valence-corrected chi connectivity index (χ1v) is 7.37. The molecule has 22 heavy (non-hydrogen) atoms. The maximum absolute atomic E-state index is 11.7. The molecule has 2 rings (SSSR count). The van der Waals surface area contributed by atoms with Gasteiger partial charge in [-0.1, -0.05) is 36.4 Å². The Kier molecular flexibility index (Phi) is 4.74. The molecule has 2 aromatic rings. The molecule has 0 aliphatic rings. The minimum absolute atomic E-state index is 0.243. The Balaban J connectivity index is 2.61. The lowest BCUT2D eigenvalue weighted by Gasteiger charge is -2.27. The minimum Gasteiger partial charge on any atom is -0.480 e. The van der Waals surface area contributed by atoms with Crippen molar-refractivity contribution in [2.24, 2.45) is 5.73 Å². The number of rotatable bonds is 6. The van der Waals surface area contributed by atoms with Gasteiger partial charge in [0.15, 0.2) is 6.04 Å². The van der Waals surface area contributed by atoms with E-state index < -0.39 is 35.6 Å². The second-order valence-corrected chi connectivity index (χ2v) is 5.43. The van der Waals surface area contributed by atoms with Gasteiger partial charge < -0.3 is 10.8 Å². The van der Waals surface area contributed by atoms with Crippen molar-refractivity contribution in [3.8, 4) is 0 Å². The van der Waals surface area contributed by atoms with Gasteiger partial charge >= 0.3 is 5.97 Å². The summed E-state index contributed by atoms with van der Waals surface area (Å²) in [4.78, 5) is 22.5. The summed E-state index contributed by atoms with van der Waals surface area (Å²) >= 11 is -2.63. The number of carboxylic acids is 1. The normalized spacial score (nSPS) is 13.5. The second kappa shape index (κ2) is 6.54. The Morgan fingerprint density at radius 2 is 1.82 bits per heavy atom. The van der Waals surface area contributed by atoms with E-state index in [0.717, 1.165) is 9.69 Å². The van der Waals surface area contributed by atoms with Crippen LogP contribution in [0, 0.1) is 0 Å². The molecule has 0 saturated heterocycles. The monoisotopic (exact) mass is 322 g/mol. The molecule has 1 amide bonds. The van der Waals surface area contributed by atoms with Gasteiger partial charge in [-0.2, -0.15) is 0 Å². The van der Waals surface area contributed by atoms with Crippen LogP contribution in [0.4, 0.5) is 5.69 Å². The molecule has 0 heterocycles. The third-order valence-corrected chi connectivity index (χ3v) is 3.92. The fourth-order valence-electron chi connectivity index (χ4n) is 2.22. The van der Waals surface area contributed by atoms with Gasteiger partial charge in [0.2, 0.25) is 5.91 Å². The van der Waals surface area contributed by atoms with E-state index >= 15 is 0 Å². The lowest BCUT2D eigenvalue weighted by Crippen LogP contribution is -2.44. The number of nitrogens with two attached hydrogens (primary N) is 1. The Bertz CT molecular complexity index is 744. The maximum Gasteiger partial charge on any atom is 0.328 e. The number of carbonyl (C=O) groups excluding carboxylic acids is 1. The average Bonchev–Trinajstić information content (AvgIpc) is 2.46. The topological polar surface area (TPSA) is 121 Å². The van der Waals surface area contributed by atoms with Crippen LogP contribution in [0.1, 0.15) is 6.42 Å². The van der Waals surface area contributed by atoms with E-state index in [4.69, 9.17) is 5.73 Å².